The summed E-state index contributed by atoms with van der Waals surface area (Å²) < 4.78 is 15.5. The van der Waals surface area contributed by atoms with Gasteiger partial charge >= 0.3 is 0 Å². The summed E-state index contributed by atoms with van der Waals surface area (Å²) in [5.41, 5.74) is 0.565. The van der Waals surface area contributed by atoms with Crippen LogP contribution in [0.25, 0.3) is 0 Å². The summed E-state index contributed by atoms with van der Waals surface area (Å²) in [6, 6.07) is 7.06. The van der Waals surface area contributed by atoms with E-state index in [0.717, 1.165) is 19.3 Å². The van der Waals surface area contributed by atoms with Crippen LogP contribution in [-0.2, 0) is 4.79 Å². The quantitative estimate of drug-likeness (QED) is 0.533. The lowest BCUT2D eigenvalue weighted by atomic mass is 10.2. The summed E-state index contributed by atoms with van der Waals surface area (Å²) in [6.07, 6.45) is 2.91. The molecule has 1 heterocycles. The lowest BCUT2D eigenvalue weighted by Gasteiger charge is -2.20. The number of benzene rings is 1. The normalized spacial score (nSPS) is 14.9. The van der Waals surface area contributed by atoms with Crippen molar-refractivity contribution in [3.8, 4) is 0 Å². The van der Waals surface area contributed by atoms with Gasteiger partial charge in [-0.1, -0.05) is 23.9 Å². The number of amides is 1. The smallest absolute Gasteiger partial charge is 0.233 e. The highest BCUT2D eigenvalue weighted by Crippen LogP contribution is 2.37. The third-order valence-electron chi connectivity index (χ3n) is 4.24. The largest absolute Gasteiger partial charge is 0.372 e. The number of thioether (sulfide) groups is 1. The van der Waals surface area contributed by atoms with Gasteiger partial charge < -0.3 is 10.2 Å². The number of anilines is 1. The predicted molar refractivity (Wildman–Crippen MR) is 98.7 cm³/mol. The molecule has 1 amide bonds. The summed E-state index contributed by atoms with van der Waals surface area (Å²) in [7, 11) is 1.84. The molecule has 26 heavy (non-hydrogen) atoms. The number of carbonyl (C=O) groups is 1. The first-order valence-electron chi connectivity index (χ1n) is 8.74. The molecule has 7 nitrogen and oxygen atoms in total. The van der Waals surface area contributed by atoms with E-state index in [0.29, 0.717) is 30.0 Å². The fourth-order valence-corrected chi connectivity index (χ4v) is 3.46. The van der Waals surface area contributed by atoms with Gasteiger partial charge in [-0.3, -0.25) is 4.79 Å². The van der Waals surface area contributed by atoms with Gasteiger partial charge in [0, 0.05) is 20.1 Å². The Bertz CT molecular complexity index is 750. The van der Waals surface area contributed by atoms with Gasteiger partial charge in [-0.25, -0.2) is 9.07 Å². The fourth-order valence-electron chi connectivity index (χ4n) is 2.58. The fraction of sp³-hybridized carbons (Fsp3) is 0.529. The number of rotatable bonds is 9. The van der Waals surface area contributed by atoms with E-state index < -0.39 is 0 Å². The van der Waals surface area contributed by atoms with Gasteiger partial charge in [-0.15, -0.1) is 5.10 Å². The minimum atomic E-state index is -0.275. The molecule has 9 heteroatoms. The standard InChI is InChI=1S/C17H23FN6OS/c1-12(26-17-20-21-22-24(17)13-8-9-13)16(25)19-10-5-11-23(2)15-7-4-3-6-14(15)18/h3-4,6-7,12-13H,5,8-11H2,1-2H3,(H,19,25). The lowest BCUT2D eigenvalue weighted by molar-refractivity contribution is -0.120. The van der Waals surface area contributed by atoms with Crippen molar-refractivity contribution in [2.45, 2.75) is 42.6 Å². The van der Waals surface area contributed by atoms with Crippen molar-refractivity contribution in [1.29, 1.82) is 0 Å². The number of hydrogen-bond acceptors (Lipinski definition) is 6. The number of tetrazole rings is 1. The molecule has 1 unspecified atom stereocenters. The minimum absolute atomic E-state index is 0.0473. The van der Waals surface area contributed by atoms with Crippen molar-refractivity contribution in [2.75, 3.05) is 25.0 Å². The van der Waals surface area contributed by atoms with Crippen molar-refractivity contribution in [2.24, 2.45) is 0 Å². The van der Waals surface area contributed by atoms with Crippen LogP contribution < -0.4 is 10.2 Å². The Balaban J connectivity index is 1.39. The molecular weight excluding hydrogens is 355 g/mol. The van der Waals surface area contributed by atoms with E-state index in [4.69, 9.17) is 0 Å². The van der Waals surface area contributed by atoms with Crippen LogP contribution in [0.15, 0.2) is 29.4 Å². The summed E-state index contributed by atoms with van der Waals surface area (Å²) in [4.78, 5) is 14.1. The van der Waals surface area contributed by atoms with Crippen LogP contribution >= 0.6 is 11.8 Å². The van der Waals surface area contributed by atoms with E-state index >= 15 is 0 Å². The Kier molecular flexibility index (Phi) is 6.08. The second kappa shape index (κ2) is 8.48. The maximum Gasteiger partial charge on any atom is 0.233 e. The molecule has 2 aromatic rings. The number of nitrogens with one attached hydrogen (secondary N) is 1. The zero-order valence-electron chi connectivity index (χ0n) is 14.9. The van der Waals surface area contributed by atoms with Gasteiger partial charge in [0.15, 0.2) is 0 Å². The number of nitrogens with zero attached hydrogens (tertiary/aromatic N) is 5. The lowest BCUT2D eigenvalue weighted by Crippen LogP contribution is -2.33. The first kappa shape index (κ1) is 18.6. The van der Waals surface area contributed by atoms with Crippen LogP contribution in [-0.4, -0.2) is 51.5 Å². The Morgan fingerprint density at radius 3 is 2.96 bits per heavy atom. The zero-order valence-corrected chi connectivity index (χ0v) is 15.7. The monoisotopic (exact) mass is 378 g/mol. The molecule has 0 aliphatic heterocycles. The molecule has 1 saturated carbocycles. The molecule has 0 saturated heterocycles. The summed E-state index contributed by atoms with van der Waals surface area (Å²) in [5, 5.41) is 15.0. The minimum Gasteiger partial charge on any atom is -0.372 e. The molecule has 0 spiro atoms. The Hall–Kier alpha value is -2.16. The van der Waals surface area contributed by atoms with Gasteiger partial charge in [-0.05, 0) is 48.7 Å². The summed E-state index contributed by atoms with van der Waals surface area (Å²) in [6.45, 7) is 3.04. The van der Waals surface area contributed by atoms with Crippen molar-refractivity contribution >= 4 is 23.4 Å². The predicted octanol–water partition coefficient (Wildman–Crippen LogP) is 2.27. The van der Waals surface area contributed by atoms with Crippen LogP contribution in [0.3, 0.4) is 0 Å². The highest BCUT2D eigenvalue weighted by Gasteiger charge is 2.29. The summed E-state index contributed by atoms with van der Waals surface area (Å²) >= 11 is 1.37. The van der Waals surface area contributed by atoms with Gasteiger partial charge in [0.05, 0.1) is 17.0 Å². The molecule has 0 radical (unpaired) electrons. The third kappa shape index (κ3) is 4.72. The number of carbonyl (C=O) groups excluding carboxylic acids is 1. The second-order valence-electron chi connectivity index (χ2n) is 6.41. The Labute approximate surface area is 156 Å². The van der Waals surface area contributed by atoms with E-state index in [1.54, 1.807) is 16.8 Å². The average Bonchev–Trinajstić information content (AvgIpc) is 3.38. The Morgan fingerprint density at radius 2 is 2.23 bits per heavy atom. The molecule has 140 valence electrons. The van der Waals surface area contributed by atoms with E-state index in [1.807, 2.05) is 24.9 Å². The maximum atomic E-state index is 13.7. The molecule has 1 aliphatic carbocycles. The van der Waals surface area contributed by atoms with Gasteiger partial charge in [0.1, 0.15) is 5.82 Å². The number of aromatic nitrogens is 4. The van der Waals surface area contributed by atoms with Crippen LogP contribution in [0.1, 0.15) is 32.2 Å². The highest BCUT2D eigenvalue weighted by atomic mass is 32.2. The van der Waals surface area contributed by atoms with E-state index in [-0.39, 0.29) is 17.0 Å². The second-order valence-corrected chi connectivity index (χ2v) is 7.72. The molecular formula is C17H23FN6OS. The van der Waals surface area contributed by atoms with Gasteiger partial charge in [0.25, 0.3) is 0 Å². The molecule has 1 fully saturated rings. The number of hydrogen-bond donors (Lipinski definition) is 1. The van der Waals surface area contributed by atoms with Crippen molar-refractivity contribution in [3.63, 3.8) is 0 Å². The topological polar surface area (TPSA) is 75.9 Å². The molecule has 0 bridgehead atoms. The van der Waals surface area contributed by atoms with Crippen molar-refractivity contribution in [1.82, 2.24) is 25.5 Å². The molecule has 1 aromatic heterocycles. The first-order valence-corrected chi connectivity index (χ1v) is 9.62. The molecule has 1 aliphatic rings. The highest BCUT2D eigenvalue weighted by molar-refractivity contribution is 8.00. The number of para-hydroxylation sites is 1. The van der Waals surface area contributed by atoms with E-state index in [1.165, 1.54) is 17.8 Å². The van der Waals surface area contributed by atoms with Crippen LogP contribution in [0.2, 0.25) is 0 Å². The van der Waals surface area contributed by atoms with Crippen LogP contribution in [0.5, 0.6) is 0 Å². The molecule has 1 atom stereocenters. The van der Waals surface area contributed by atoms with Crippen molar-refractivity contribution in [3.05, 3.63) is 30.1 Å². The molecule has 1 N–H and O–H groups in total. The van der Waals surface area contributed by atoms with Crippen LogP contribution in [0, 0.1) is 5.82 Å². The van der Waals surface area contributed by atoms with E-state index in [9.17, 15) is 9.18 Å². The third-order valence-corrected chi connectivity index (χ3v) is 5.29. The molecule has 3 rings (SSSR count). The van der Waals surface area contributed by atoms with Crippen molar-refractivity contribution < 1.29 is 9.18 Å². The maximum absolute atomic E-state index is 13.7. The van der Waals surface area contributed by atoms with Gasteiger partial charge in [0.2, 0.25) is 11.1 Å². The van der Waals surface area contributed by atoms with E-state index in [2.05, 4.69) is 20.8 Å². The summed E-state index contributed by atoms with van der Waals surface area (Å²) in [5.74, 6) is -0.286. The Morgan fingerprint density at radius 1 is 1.46 bits per heavy atom. The van der Waals surface area contributed by atoms with Gasteiger partial charge in [-0.2, -0.15) is 0 Å². The average molecular weight is 378 g/mol. The van der Waals surface area contributed by atoms with Crippen LogP contribution in [0.4, 0.5) is 10.1 Å². The first-order chi connectivity index (χ1) is 12.6. The number of halogens is 1. The SMILES string of the molecule is CC(Sc1nnnn1C1CC1)C(=O)NCCCN(C)c1ccccc1F. The zero-order chi connectivity index (χ0) is 18.5. The molecule has 1 aromatic carbocycles.